The molecule has 0 fully saturated rings. The Morgan fingerprint density at radius 1 is 0.750 bits per heavy atom. The first-order valence-electron chi connectivity index (χ1n) is 10.8. The van der Waals surface area contributed by atoms with E-state index < -0.39 is 0 Å². The Morgan fingerprint density at radius 2 is 1.12 bits per heavy atom. The van der Waals surface area contributed by atoms with E-state index >= 15 is 0 Å². The first-order valence-corrected chi connectivity index (χ1v) is 22.4. The Labute approximate surface area is 224 Å². The van der Waals surface area contributed by atoms with E-state index in [2.05, 4.69) is 110 Å². The molecule has 0 spiro atoms. The molecule has 0 saturated heterocycles. The molecule has 4 rings (SSSR count). The van der Waals surface area contributed by atoms with Gasteiger partial charge >= 0.3 is 43.1 Å². The Hall–Kier alpha value is -0.594. The van der Waals surface area contributed by atoms with Crippen LogP contribution >= 0.6 is 0 Å². The minimum atomic E-state index is -0.243. The number of benzene rings is 2. The molecule has 0 radical (unpaired) electrons. The summed E-state index contributed by atoms with van der Waals surface area (Å²) in [7, 11) is -0.243. The zero-order chi connectivity index (χ0) is 21.8. The first-order chi connectivity index (χ1) is 14.5. The van der Waals surface area contributed by atoms with Crippen LogP contribution in [0.2, 0.25) is 11.5 Å². The molecule has 0 bridgehead atoms. The van der Waals surface area contributed by atoms with Crippen molar-refractivity contribution in [3.8, 4) is 0 Å². The van der Waals surface area contributed by atoms with E-state index in [1.807, 2.05) is 0 Å². The quantitative estimate of drug-likeness (QED) is 0.368. The van der Waals surface area contributed by atoms with Crippen molar-refractivity contribution in [3.05, 3.63) is 107 Å². The molecule has 0 amide bonds. The molecule has 0 nitrogen and oxygen atoms in total. The Bertz CT molecular complexity index is 893. The van der Waals surface area contributed by atoms with Crippen molar-refractivity contribution in [1.29, 1.82) is 0 Å². The van der Waals surface area contributed by atoms with Crippen molar-refractivity contribution in [2.75, 3.05) is 0 Å². The van der Waals surface area contributed by atoms with Gasteiger partial charge in [-0.3, -0.25) is 0 Å². The van der Waals surface area contributed by atoms with Crippen molar-refractivity contribution in [3.63, 3.8) is 0 Å². The van der Waals surface area contributed by atoms with Gasteiger partial charge in [0.05, 0.1) is 0 Å². The van der Waals surface area contributed by atoms with Gasteiger partial charge in [-0.1, -0.05) is 62.1 Å². The third-order valence-corrected chi connectivity index (χ3v) is 4.68. The van der Waals surface area contributed by atoms with Gasteiger partial charge in [0.25, 0.3) is 0 Å². The molecular formula is C28H32Cl2GeZr-2. The number of hydrogen-bond acceptors (Lipinski definition) is 0. The number of hydrogen-bond donors (Lipinski definition) is 0. The summed E-state index contributed by atoms with van der Waals surface area (Å²) in [6.07, 6.45) is 19.4. The van der Waals surface area contributed by atoms with Gasteiger partial charge in [-0.05, 0) is 12.8 Å². The Balaban J connectivity index is 0.000000490. The summed E-state index contributed by atoms with van der Waals surface area (Å²) >= 11 is 1.80. The van der Waals surface area contributed by atoms with Gasteiger partial charge in [0.2, 0.25) is 0 Å². The summed E-state index contributed by atoms with van der Waals surface area (Å²) < 4.78 is 0. The SMILES string of the molecule is CCc1cccc(C2=[C-]CC=C2)c1.CCc1cccc(C2=[C-]CC=C2)c1.[CH3][Ge]([CH3])=[Zr+2].[Cl-].[Cl-]. The largest absolute Gasteiger partial charge is 1.00 e. The van der Waals surface area contributed by atoms with Crippen molar-refractivity contribution in [2.24, 2.45) is 0 Å². The van der Waals surface area contributed by atoms with Gasteiger partial charge in [0.1, 0.15) is 0 Å². The summed E-state index contributed by atoms with van der Waals surface area (Å²) in [5, 5.41) is 0. The van der Waals surface area contributed by atoms with E-state index in [0.717, 1.165) is 25.7 Å². The summed E-state index contributed by atoms with van der Waals surface area (Å²) in [5.74, 6) is 4.75. The zero-order valence-electron chi connectivity index (χ0n) is 19.5. The number of aryl methyl sites for hydroxylation is 2. The normalized spacial score (nSPS) is 12.8. The van der Waals surface area contributed by atoms with Crippen LogP contribution in [0.15, 0.2) is 72.8 Å². The molecule has 168 valence electrons. The molecule has 32 heavy (non-hydrogen) atoms. The van der Waals surface area contributed by atoms with Gasteiger partial charge in [-0.25, -0.2) is 0 Å². The molecule has 2 aliphatic carbocycles. The van der Waals surface area contributed by atoms with Gasteiger partial charge in [-0.2, -0.15) is 35.5 Å². The maximum absolute atomic E-state index is 3.33. The van der Waals surface area contributed by atoms with Crippen molar-refractivity contribution in [1.82, 2.24) is 0 Å². The van der Waals surface area contributed by atoms with Crippen LogP contribution in [0, 0.1) is 12.2 Å². The predicted octanol–water partition coefficient (Wildman–Crippen LogP) is 1.58. The number of halogens is 2. The maximum Gasteiger partial charge on any atom is -1.00 e. The van der Waals surface area contributed by atoms with E-state index in [-0.39, 0.29) is 34.8 Å². The molecular weight excluding hydrogens is 571 g/mol. The van der Waals surface area contributed by atoms with Gasteiger partial charge in [0.15, 0.2) is 0 Å². The third-order valence-electron chi connectivity index (χ3n) is 4.68. The van der Waals surface area contributed by atoms with Crippen molar-refractivity contribution < 1.29 is 46.4 Å². The van der Waals surface area contributed by atoms with E-state index in [4.69, 9.17) is 0 Å². The average Bonchev–Trinajstić information content (AvgIpc) is 3.48. The summed E-state index contributed by atoms with van der Waals surface area (Å²) in [6, 6.07) is 17.4. The minimum Gasteiger partial charge on any atom is -1.00 e. The van der Waals surface area contributed by atoms with Crippen molar-refractivity contribution >= 4 is 21.1 Å². The molecule has 0 heterocycles. The minimum absolute atomic E-state index is 0. The molecule has 0 atom stereocenters. The zero-order valence-corrected chi connectivity index (χ0v) is 25.6. The first kappa shape index (κ1) is 31.4. The van der Waals surface area contributed by atoms with Crippen LogP contribution in [0.25, 0.3) is 11.1 Å². The number of rotatable bonds is 4. The second-order valence-corrected chi connectivity index (χ2v) is 24.5. The molecule has 2 aromatic rings. The molecule has 0 N–H and O–H groups in total. The average molecular weight is 603 g/mol. The van der Waals surface area contributed by atoms with Gasteiger partial charge in [0, 0.05) is 0 Å². The molecule has 0 unspecified atom stereocenters. The van der Waals surface area contributed by atoms with Crippen LogP contribution < -0.4 is 24.8 Å². The van der Waals surface area contributed by atoms with E-state index in [9.17, 15) is 0 Å². The molecule has 0 saturated carbocycles. The smallest absolute Gasteiger partial charge is 1.00 e. The maximum atomic E-state index is 3.33. The Morgan fingerprint density at radius 3 is 1.41 bits per heavy atom. The second kappa shape index (κ2) is 17.8. The van der Waals surface area contributed by atoms with E-state index in [0.29, 0.717) is 0 Å². The monoisotopic (exact) mass is 602 g/mol. The molecule has 2 aromatic carbocycles. The molecule has 0 aliphatic heterocycles. The second-order valence-electron chi connectivity index (χ2n) is 7.50. The third kappa shape index (κ3) is 11.5. The molecule has 2 aliphatic rings. The van der Waals surface area contributed by atoms with Crippen LogP contribution in [0.4, 0.5) is 0 Å². The Kier molecular flexibility index (Phi) is 17.5. The molecule has 4 heteroatoms. The fourth-order valence-corrected chi connectivity index (χ4v) is 3.12. The fraction of sp³-hybridized carbons (Fsp3) is 0.286. The van der Waals surface area contributed by atoms with E-state index in [1.54, 1.807) is 21.6 Å². The van der Waals surface area contributed by atoms with Gasteiger partial charge in [-0.15, -0.1) is 47.5 Å². The van der Waals surface area contributed by atoms with Crippen molar-refractivity contribution in [2.45, 2.75) is 51.0 Å². The van der Waals surface area contributed by atoms with Crippen LogP contribution in [0.3, 0.4) is 0 Å². The fourth-order valence-electron chi connectivity index (χ4n) is 3.12. The standard InChI is InChI=1S/2C13H13.C2H6Ge.2ClH.Zr/c2*1-2-11-6-5-9-13(10-11)12-7-3-4-8-12;1-3-2;;;/h2*3,5-7,9-10H,2,4H2,1H3;1-2H3;2*1H;/q2*-1;;;;+2/p-2. The van der Waals surface area contributed by atoms with E-state index in [1.165, 1.54) is 33.4 Å². The van der Waals surface area contributed by atoms with Gasteiger partial charge < -0.3 is 24.8 Å². The number of allylic oxidation sites excluding steroid dienone is 8. The van der Waals surface area contributed by atoms with Crippen LogP contribution in [0.1, 0.15) is 48.9 Å². The predicted molar refractivity (Wildman–Crippen MR) is 130 cm³/mol. The molecule has 0 aromatic heterocycles. The van der Waals surface area contributed by atoms with Crippen LogP contribution in [-0.4, -0.2) is 9.98 Å². The van der Waals surface area contributed by atoms with Crippen LogP contribution in [-0.2, 0) is 34.4 Å². The summed E-state index contributed by atoms with van der Waals surface area (Å²) in [4.78, 5) is 0. The topological polar surface area (TPSA) is 0 Å². The summed E-state index contributed by atoms with van der Waals surface area (Å²) in [6.45, 7) is 4.36. The summed E-state index contributed by atoms with van der Waals surface area (Å²) in [5.41, 5.74) is 7.88. The van der Waals surface area contributed by atoms with Crippen LogP contribution in [0.5, 0.6) is 0 Å².